The minimum Gasteiger partial charge on any atom is -0.380 e. The van der Waals surface area contributed by atoms with Crippen molar-refractivity contribution in [1.29, 1.82) is 0 Å². The number of nitrogens with two attached hydrogens (primary N) is 2. The van der Waals surface area contributed by atoms with Gasteiger partial charge in [-0.3, -0.25) is 9.59 Å². The van der Waals surface area contributed by atoms with Crippen LogP contribution in [-0.4, -0.2) is 11.8 Å². The molecule has 0 spiro atoms. The number of nitrogens with one attached hydrogen (secondary N) is 1. The third-order valence-electron chi connectivity index (χ3n) is 2.64. The fraction of sp³-hybridized carbons (Fsp3) is 0.0769. The van der Waals surface area contributed by atoms with Gasteiger partial charge in [-0.05, 0) is 24.3 Å². The Morgan fingerprint density at radius 1 is 1.20 bits per heavy atom. The Kier molecular flexibility index (Phi) is 4.26. The maximum Gasteiger partial charge on any atom is 0.250 e. The summed E-state index contributed by atoms with van der Waals surface area (Å²) in [5.74, 6) is -1.03. The van der Waals surface area contributed by atoms with Gasteiger partial charge in [0.25, 0.3) is 0 Å². The first-order valence-electron chi connectivity index (χ1n) is 5.68. The predicted molar refractivity (Wildman–Crippen MR) is 80.1 cm³/mol. The maximum absolute atomic E-state index is 11.2. The van der Waals surface area contributed by atoms with Gasteiger partial charge in [-0.1, -0.05) is 11.6 Å². The van der Waals surface area contributed by atoms with Crippen LogP contribution in [0.25, 0.3) is 0 Å². The van der Waals surface area contributed by atoms with E-state index in [1.165, 1.54) is 11.3 Å². The first kappa shape index (κ1) is 14.4. The summed E-state index contributed by atoms with van der Waals surface area (Å²) in [4.78, 5) is 23.1. The molecule has 0 fully saturated rings. The summed E-state index contributed by atoms with van der Waals surface area (Å²) in [5.41, 5.74) is 11.9. The molecule has 1 aromatic heterocycles. The molecule has 104 valence electrons. The number of halogens is 1. The van der Waals surface area contributed by atoms with Crippen LogP contribution in [0.15, 0.2) is 29.6 Å². The van der Waals surface area contributed by atoms with Gasteiger partial charge in [0, 0.05) is 22.5 Å². The molecule has 0 aliphatic carbocycles. The van der Waals surface area contributed by atoms with Crippen LogP contribution in [0.3, 0.4) is 0 Å². The Morgan fingerprint density at radius 2 is 1.95 bits per heavy atom. The van der Waals surface area contributed by atoms with E-state index < -0.39 is 11.8 Å². The van der Waals surface area contributed by atoms with Gasteiger partial charge in [0.05, 0.1) is 16.1 Å². The van der Waals surface area contributed by atoms with Crippen LogP contribution in [0.2, 0.25) is 5.02 Å². The summed E-state index contributed by atoms with van der Waals surface area (Å²) < 4.78 is 0. The van der Waals surface area contributed by atoms with Crippen molar-refractivity contribution in [2.75, 3.05) is 5.32 Å². The van der Waals surface area contributed by atoms with Gasteiger partial charge in [0.1, 0.15) is 0 Å². The van der Waals surface area contributed by atoms with Crippen LogP contribution in [0.5, 0.6) is 0 Å². The summed E-state index contributed by atoms with van der Waals surface area (Å²) >= 11 is 7.30. The second-order valence-corrected chi connectivity index (χ2v) is 5.48. The summed E-state index contributed by atoms with van der Waals surface area (Å²) in [5, 5.41) is 5.15. The standard InChI is InChI=1S/C13H12ClN3O2S/c14-11-2-1-8(4-10(11)13(16)19)17-5-9-3-7(6-20-9)12(15)18/h1-4,6,17H,5H2,(H2,15,18)(H2,16,19). The van der Waals surface area contributed by atoms with Gasteiger partial charge < -0.3 is 16.8 Å². The molecule has 5 nitrogen and oxygen atoms in total. The SMILES string of the molecule is NC(=O)c1csc(CNc2ccc(Cl)c(C(N)=O)c2)c1. The summed E-state index contributed by atoms with van der Waals surface area (Å²) in [7, 11) is 0. The summed E-state index contributed by atoms with van der Waals surface area (Å²) in [6, 6.07) is 6.67. The van der Waals surface area contributed by atoms with E-state index in [0.29, 0.717) is 17.1 Å². The number of hydrogen-bond acceptors (Lipinski definition) is 4. The lowest BCUT2D eigenvalue weighted by Gasteiger charge is -2.07. The van der Waals surface area contributed by atoms with E-state index in [1.54, 1.807) is 29.6 Å². The highest BCUT2D eigenvalue weighted by Crippen LogP contribution is 2.21. The molecule has 0 atom stereocenters. The number of hydrogen-bond donors (Lipinski definition) is 3. The molecule has 0 radical (unpaired) electrons. The number of carbonyl (C=O) groups is 2. The molecule has 0 saturated carbocycles. The number of primary amides is 2. The Bertz CT molecular complexity index is 669. The molecule has 2 rings (SSSR count). The van der Waals surface area contributed by atoms with Crippen molar-refractivity contribution in [3.05, 3.63) is 50.7 Å². The van der Waals surface area contributed by atoms with Crippen LogP contribution in [0.1, 0.15) is 25.6 Å². The van der Waals surface area contributed by atoms with E-state index >= 15 is 0 Å². The summed E-state index contributed by atoms with van der Waals surface area (Å²) in [6.45, 7) is 0.512. The third-order valence-corrected chi connectivity index (χ3v) is 3.90. The molecule has 0 bridgehead atoms. The molecule has 7 heteroatoms. The number of rotatable bonds is 5. The number of amides is 2. The van der Waals surface area contributed by atoms with E-state index in [2.05, 4.69) is 5.32 Å². The second-order valence-electron chi connectivity index (χ2n) is 4.08. The van der Waals surface area contributed by atoms with Gasteiger partial charge in [-0.15, -0.1) is 11.3 Å². The normalized spacial score (nSPS) is 10.2. The minimum absolute atomic E-state index is 0.265. The van der Waals surface area contributed by atoms with Crippen LogP contribution in [0.4, 0.5) is 5.69 Å². The van der Waals surface area contributed by atoms with E-state index in [0.717, 1.165) is 10.6 Å². The first-order valence-corrected chi connectivity index (χ1v) is 6.93. The van der Waals surface area contributed by atoms with Crippen molar-refractivity contribution >= 4 is 40.4 Å². The second kappa shape index (κ2) is 5.94. The summed E-state index contributed by atoms with van der Waals surface area (Å²) in [6.07, 6.45) is 0. The quantitative estimate of drug-likeness (QED) is 0.789. The van der Waals surface area contributed by atoms with E-state index in [1.807, 2.05) is 0 Å². The van der Waals surface area contributed by atoms with E-state index in [-0.39, 0.29) is 5.56 Å². The molecule has 2 amide bonds. The Hall–Kier alpha value is -2.05. The molecule has 1 aromatic carbocycles. The van der Waals surface area contributed by atoms with Crippen LogP contribution in [0, 0.1) is 0 Å². The van der Waals surface area contributed by atoms with E-state index in [4.69, 9.17) is 23.1 Å². The fourth-order valence-corrected chi connectivity index (χ4v) is 2.64. The van der Waals surface area contributed by atoms with Gasteiger partial charge in [-0.25, -0.2) is 0 Å². The average Bonchev–Trinajstić information content (AvgIpc) is 2.86. The molecule has 0 saturated heterocycles. The smallest absolute Gasteiger partial charge is 0.250 e. The van der Waals surface area contributed by atoms with Crippen molar-refractivity contribution in [1.82, 2.24) is 0 Å². The lowest BCUT2D eigenvalue weighted by Crippen LogP contribution is -2.12. The van der Waals surface area contributed by atoms with Crippen LogP contribution in [-0.2, 0) is 6.54 Å². The predicted octanol–water partition coefficient (Wildman–Crippen LogP) is 2.21. The fourth-order valence-electron chi connectivity index (χ4n) is 1.62. The first-order chi connectivity index (χ1) is 9.47. The van der Waals surface area contributed by atoms with Crippen LogP contribution >= 0.6 is 22.9 Å². The topological polar surface area (TPSA) is 98.2 Å². The largest absolute Gasteiger partial charge is 0.380 e. The number of anilines is 1. The zero-order valence-electron chi connectivity index (χ0n) is 10.4. The van der Waals surface area contributed by atoms with Crippen molar-refractivity contribution in [3.8, 4) is 0 Å². The highest BCUT2D eigenvalue weighted by atomic mass is 35.5. The molecular weight excluding hydrogens is 298 g/mol. The highest BCUT2D eigenvalue weighted by Gasteiger charge is 2.08. The molecule has 2 aromatic rings. The molecule has 20 heavy (non-hydrogen) atoms. The lowest BCUT2D eigenvalue weighted by atomic mass is 10.2. The minimum atomic E-state index is -0.578. The van der Waals surface area contributed by atoms with Crippen molar-refractivity contribution < 1.29 is 9.59 Å². The number of carbonyl (C=O) groups excluding carboxylic acids is 2. The molecule has 0 aliphatic rings. The molecule has 1 heterocycles. The van der Waals surface area contributed by atoms with Gasteiger partial charge in [-0.2, -0.15) is 0 Å². The highest BCUT2D eigenvalue weighted by molar-refractivity contribution is 7.10. The van der Waals surface area contributed by atoms with Crippen molar-refractivity contribution in [2.24, 2.45) is 11.5 Å². The van der Waals surface area contributed by atoms with E-state index in [9.17, 15) is 9.59 Å². The monoisotopic (exact) mass is 309 g/mol. The van der Waals surface area contributed by atoms with Crippen molar-refractivity contribution in [2.45, 2.75) is 6.54 Å². The maximum atomic E-state index is 11.2. The Morgan fingerprint density at radius 3 is 2.55 bits per heavy atom. The number of benzene rings is 1. The van der Waals surface area contributed by atoms with Gasteiger partial charge >= 0.3 is 0 Å². The zero-order chi connectivity index (χ0) is 14.7. The Balaban J connectivity index is 2.08. The molecule has 0 aliphatic heterocycles. The van der Waals surface area contributed by atoms with Gasteiger partial charge in [0.2, 0.25) is 11.8 Å². The zero-order valence-corrected chi connectivity index (χ0v) is 11.9. The van der Waals surface area contributed by atoms with Crippen molar-refractivity contribution in [3.63, 3.8) is 0 Å². The van der Waals surface area contributed by atoms with Gasteiger partial charge in [0.15, 0.2) is 0 Å². The van der Waals surface area contributed by atoms with Crippen LogP contribution < -0.4 is 16.8 Å². The Labute approximate surface area is 124 Å². The molecular formula is C13H12ClN3O2S. The lowest BCUT2D eigenvalue weighted by molar-refractivity contribution is 0.0992. The molecule has 0 unspecified atom stereocenters. The number of thiophene rings is 1. The molecule has 5 N–H and O–H groups in total. The average molecular weight is 310 g/mol. The third kappa shape index (κ3) is 3.28.